The van der Waals surface area contributed by atoms with E-state index in [0.29, 0.717) is 37.5 Å². The fraction of sp³-hybridized carbons (Fsp3) is 0.500. The first kappa shape index (κ1) is 15.5. The fourth-order valence-electron chi connectivity index (χ4n) is 2.24. The summed E-state index contributed by atoms with van der Waals surface area (Å²) in [4.78, 5) is 20.6. The third-order valence-electron chi connectivity index (χ3n) is 3.10. The van der Waals surface area contributed by atoms with Gasteiger partial charge in [0.05, 0.1) is 13.3 Å². The van der Waals surface area contributed by atoms with E-state index in [4.69, 9.17) is 11.6 Å². The van der Waals surface area contributed by atoms with Crippen molar-refractivity contribution >= 4 is 17.6 Å². The lowest BCUT2D eigenvalue weighted by atomic mass is 10.2. The molecule has 0 aliphatic carbocycles. The number of nitrogens with zero attached hydrogens (tertiary/aromatic N) is 6. The molecule has 1 aliphatic rings. The molecule has 0 bridgehead atoms. The zero-order valence-corrected chi connectivity index (χ0v) is 12.7. The molecular formula is C12H17ClN6O2. The summed E-state index contributed by atoms with van der Waals surface area (Å²) in [6.45, 7) is 4.24. The number of halogens is 1. The number of hydrogen-bond donors (Lipinski definition) is 0. The third-order valence-corrected chi connectivity index (χ3v) is 3.33. The van der Waals surface area contributed by atoms with Crippen molar-refractivity contribution < 1.29 is 5.03 Å². The smallest absolute Gasteiger partial charge is 0.276 e. The van der Waals surface area contributed by atoms with Crippen LogP contribution < -0.4 is 0 Å². The van der Waals surface area contributed by atoms with Gasteiger partial charge in [0.25, 0.3) is 5.96 Å². The van der Waals surface area contributed by atoms with Gasteiger partial charge in [-0.2, -0.15) is 0 Å². The number of hydrazone groups is 1. The zero-order chi connectivity index (χ0) is 15.4. The maximum atomic E-state index is 10.8. The molecule has 0 N–H and O–H groups in total. The Hall–Kier alpha value is -1.93. The van der Waals surface area contributed by atoms with E-state index in [1.165, 1.54) is 0 Å². The minimum atomic E-state index is -0.656. The highest BCUT2D eigenvalue weighted by Crippen LogP contribution is 2.14. The minimum absolute atomic E-state index is 0.371. The van der Waals surface area contributed by atoms with E-state index in [9.17, 15) is 10.1 Å². The molecule has 0 atom stereocenters. The fourth-order valence-corrected chi connectivity index (χ4v) is 2.35. The molecule has 0 radical (unpaired) electrons. The van der Waals surface area contributed by atoms with Gasteiger partial charge in [-0.3, -0.25) is 4.90 Å². The Morgan fingerprint density at radius 1 is 1.43 bits per heavy atom. The van der Waals surface area contributed by atoms with Crippen LogP contribution in [0.3, 0.4) is 0 Å². The van der Waals surface area contributed by atoms with Crippen LogP contribution in [-0.2, 0) is 6.54 Å². The summed E-state index contributed by atoms with van der Waals surface area (Å²) < 4.78 is 0. The van der Waals surface area contributed by atoms with E-state index in [1.54, 1.807) is 12.3 Å². The van der Waals surface area contributed by atoms with E-state index in [-0.39, 0.29) is 0 Å². The summed E-state index contributed by atoms with van der Waals surface area (Å²) >= 11 is 5.77. The first-order valence-electron chi connectivity index (χ1n) is 6.51. The minimum Gasteiger partial charge on any atom is -0.325 e. The van der Waals surface area contributed by atoms with E-state index >= 15 is 0 Å². The second-order valence-corrected chi connectivity index (χ2v) is 5.21. The summed E-state index contributed by atoms with van der Waals surface area (Å²) in [5.74, 6) is 0.371. The van der Waals surface area contributed by atoms with Crippen LogP contribution in [0.1, 0.15) is 12.5 Å². The predicted molar refractivity (Wildman–Crippen MR) is 79.1 cm³/mol. The number of aromatic nitrogens is 1. The Bertz CT molecular complexity index is 535. The molecule has 9 heteroatoms. The lowest BCUT2D eigenvalue weighted by molar-refractivity contribution is -0.486. The van der Waals surface area contributed by atoms with E-state index < -0.39 is 5.03 Å². The molecule has 8 nitrogen and oxygen atoms in total. The molecule has 0 saturated carbocycles. The van der Waals surface area contributed by atoms with Gasteiger partial charge < -0.3 is 9.80 Å². The van der Waals surface area contributed by atoms with Crippen LogP contribution in [0.5, 0.6) is 0 Å². The molecule has 0 amide bonds. The zero-order valence-electron chi connectivity index (χ0n) is 11.9. The molecule has 0 aromatic carbocycles. The summed E-state index contributed by atoms with van der Waals surface area (Å²) in [6.07, 6.45) is 1.66. The van der Waals surface area contributed by atoms with Crippen molar-refractivity contribution in [2.75, 3.05) is 26.9 Å². The van der Waals surface area contributed by atoms with Gasteiger partial charge in [0.15, 0.2) is 5.03 Å². The second-order valence-electron chi connectivity index (χ2n) is 4.82. The van der Waals surface area contributed by atoms with Crippen molar-refractivity contribution in [2.45, 2.75) is 13.5 Å². The van der Waals surface area contributed by atoms with Crippen LogP contribution in [-0.4, -0.2) is 57.6 Å². The third kappa shape index (κ3) is 4.02. The maximum Gasteiger partial charge on any atom is 0.276 e. The average molecular weight is 313 g/mol. The standard InChI is InChI=1S/C12H17ClN6O2/c1-3-17-8-16(2)9-18(12(17)15-19(20)21)7-10-4-5-11(13)14-6-10/h4-6H,3,7-9H2,1-2H3. The lowest BCUT2D eigenvalue weighted by Crippen LogP contribution is -2.57. The lowest BCUT2D eigenvalue weighted by Gasteiger charge is -2.41. The van der Waals surface area contributed by atoms with E-state index in [0.717, 1.165) is 5.56 Å². The van der Waals surface area contributed by atoms with Crippen LogP contribution in [0.15, 0.2) is 23.4 Å². The van der Waals surface area contributed by atoms with Crippen LogP contribution >= 0.6 is 11.6 Å². The number of guanidine groups is 1. The van der Waals surface area contributed by atoms with Gasteiger partial charge in [0.1, 0.15) is 10.3 Å². The van der Waals surface area contributed by atoms with Gasteiger partial charge in [-0.25, -0.2) is 15.1 Å². The van der Waals surface area contributed by atoms with Crippen LogP contribution in [0, 0.1) is 10.1 Å². The van der Waals surface area contributed by atoms with Gasteiger partial charge in [-0.05, 0) is 25.6 Å². The SMILES string of the molecule is CCN1CN(C)CN(Cc2ccc(Cl)nc2)C1=N[N+](=O)[O-]. The average Bonchev–Trinajstić information content (AvgIpc) is 2.43. The number of rotatable bonds is 4. The summed E-state index contributed by atoms with van der Waals surface area (Å²) in [7, 11) is 1.96. The Morgan fingerprint density at radius 2 is 2.14 bits per heavy atom. The Morgan fingerprint density at radius 3 is 2.71 bits per heavy atom. The highest BCUT2D eigenvalue weighted by molar-refractivity contribution is 6.29. The first-order chi connectivity index (χ1) is 9.99. The van der Waals surface area contributed by atoms with E-state index in [1.807, 2.05) is 29.8 Å². The van der Waals surface area contributed by atoms with Crippen LogP contribution in [0.4, 0.5) is 0 Å². The predicted octanol–water partition coefficient (Wildman–Crippen LogP) is 1.27. The molecular weight excluding hydrogens is 296 g/mol. The quantitative estimate of drug-likeness (QED) is 0.473. The number of hydrogen-bond acceptors (Lipinski definition) is 4. The molecule has 1 aromatic rings. The Balaban J connectivity index is 2.23. The monoisotopic (exact) mass is 312 g/mol. The molecule has 114 valence electrons. The summed E-state index contributed by atoms with van der Waals surface area (Å²) in [5.41, 5.74) is 0.918. The van der Waals surface area contributed by atoms with Gasteiger partial charge in [0.2, 0.25) is 0 Å². The summed E-state index contributed by atoms with van der Waals surface area (Å²) in [6, 6.07) is 3.55. The second kappa shape index (κ2) is 6.68. The molecule has 2 heterocycles. The topological polar surface area (TPSA) is 78.1 Å². The summed E-state index contributed by atoms with van der Waals surface area (Å²) in [5, 5.41) is 14.1. The molecule has 1 fully saturated rings. The van der Waals surface area contributed by atoms with Gasteiger partial charge in [-0.15, -0.1) is 0 Å². The molecule has 2 rings (SSSR count). The van der Waals surface area contributed by atoms with Gasteiger partial charge in [0, 0.05) is 19.3 Å². The normalized spacial score (nSPS) is 18.3. The molecule has 1 saturated heterocycles. The molecule has 21 heavy (non-hydrogen) atoms. The molecule has 1 aliphatic heterocycles. The Labute approximate surface area is 127 Å². The highest BCUT2D eigenvalue weighted by atomic mass is 35.5. The van der Waals surface area contributed by atoms with Crippen LogP contribution in [0.25, 0.3) is 0 Å². The molecule has 0 unspecified atom stereocenters. The van der Waals surface area contributed by atoms with Crippen molar-refractivity contribution in [3.05, 3.63) is 39.2 Å². The van der Waals surface area contributed by atoms with Gasteiger partial charge in [-0.1, -0.05) is 17.7 Å². The van der Waals surface area contributed by atoms with Crippen molar-refractivity contribution in [2.24, 2.45) is 5.10 Å². The molecule has 1 aromatic heterocycles. The van der Waals surface area contributed by atoms with Crippen molar-refractivity contribution in [1.82, 2.24) is 19.7 Å². The van der Waals surface area contributed by atoms with Gasteiger partial charge >= 0.3 is 0 Å². The number of nitro groups is 1. The largest absolute Gasteiger partial charge is 0.325 e. The highest BCUT2D eigenvalue weighted by Gasteiger charge is 2.28. The Kier molecular flexibility index (Phi) is 4.92. The van der Waals surface area contributed by atoms with Crippen molar-refractivity contribution in [3.63, 3.8) is 0 Å². The number of pyridine rings is 1. The van der Waals surface area contributed by atoms with Crippen LogP contribution in [0.2, 0.25) is 5.15 Å². The van der Waals surface area contributed by atoms with E-state index in [2.05, 4.69) is 15.0 Å². The first-order valence-corrected chi connectivity index (χ1v) is 6.89. The molecule has 0 spiro atoms. The van der Waals surface area contributed by atoms with Crippen molar-refractivity contribution in [3.8, 4) is 0 Å². The maximum absolute atomic E-state index is 10.8. The van der Waals surface area contributed by atoms with Crippen molar-refractivity contribution in [1.29, 1.82) is 0 Å².